The summed E-state index contributed by atoms with van der Waals surface area (Å²) < 4.78 is 8.85. The number of hydrogen-bond donors (Lipinski definition) is 0. The molecule has 1 aromatic carbocycles. The van der Waals surface area contributed by atoms with E-state index in [-0.39, 0.29) is 22.8 Å². The van der Waals surface area contributed by atoms with E-state index in [0.717, 1.165) is 0 Å². The second-order valence-electron chi connectivity index (χ2n) is 3.91. The van der Waals surface area contributed by atoms with Gasteiger partial charge in [-0.25, -0.2) is 9.13 Å². The molecule has 4 nitrogen and oxygen atoms in total. The van der Waals surface area contributed by atoms with E-state index in [0.29, 0.717) is 17.9 Å². The molecule has 0 atom stereocenters. The minimum atomic E-state index is 0. The van der Waals surface area contributed by atoms with Crippen molar-refractivity contribution < 1.29 is 31.1 Å². The molecule has 1 aromatic heterocycles. The average Bonchev–Trinajstić information content (AvgIpc) is 2.75. The number of aryl methyl sites for hydroxylation is 1. The monoisotopic (exact) mass is 310 g/mol. The third-order valence-electron chi connectivity index (χ3n) is 2.54. The molecule has 0 aliphatic rings. The van der Waals surface area contributed by atoms with Crippen LogP contribution in [0.2, 0.25) is 0 Å². The van der Waals surface area contributed by atoms with Crippen LogP contribution in [0.3, 0.4) is 0 Å². The molecule has 18 heavy (non-hydrogen) atoms. The van der Waals surface area contributed by atoms with Crippen LogP contribution in [-0.2, 0) is 13.6 Å². The van der Waals surface area contributed by atoms with Crippen LogP contribution < -0.4 is 26.3 Å². The van der Waals surface area contributed by atoms with Gasteiger partial charge in [-0.3, -0.25) is 4.79 Å². The Kier molecular flexibility index (Phi) is 5.09. The van der Waals surface area contributed by atoms with Crippen LogP contribution in [0.5, 0.6) is 5.75 Å². The summed E-state index contributed by atoms with van der Waals surface area (Å²) in [6, 6.07) is 7.20. The first-order valence-corrected chi connectivity index (χ1v) is 5.37. The van der Waals surface area contributed by atoms with Crippen molar-refractivity contribution in [3.8, 4) is 5.75 Å². The van der Waals surface area contributed by atoms with E-state index in [1.807, 2.05) is 47.0 Å². The van der Waals surface area contributed by atoms with Crippen LogP contribution in [0.4, 0.5) is 0 Å². The molecule has 5 heteroatoms. The zero-order valence-corrected chi connectivity index (χ0v) is 11.9. The predicted octanol–water partition coefficient (Wildman–Crippen LogP) is -1.79. The molecule has 0 fully saturated rings. The highest BCUT2D eigenvalue weighted by atomic mass is 79.9. The van der Waals surface area contributed by atoms with Gasteiger partial charge in [0.25, 0.3) is 0 Å². The summed E-state index contributed by atoms with van der Waals surface area (Å²) in [7, 11) is 3.52. The summed E-state index contributed by atoms with van der Waals surface area (Å²) in [5, 5.41) is 0. The number of imidazole rings is 1. The highest BCUT2D eigenvalue weighted by molar-refractivity contribution is 5.96. The van der Waals surface area contributed by atoms with Crippen LogP contribution >= 0.6 is 0 Å². The number of methoxy groups -OCH3 is 1. The van der Waals surface area contributed by atoms with Gasteiger partial charge in [0.2, 0.25) is 12.1 Å². The first kappa shape index (κ1) is 14.4. The number of halogens is 1. The number of ketones is 1. The fourth-order valence-corrected chi connectivity index (χ4v) is 1.65. The van der Waals surface area contributed by atoms with E-state index >= 15 is 0 Å². The first-order valence-electron chi connectivity index (χ1n) is 5.37. The Morgan fingerprint density at radius 1 is 1.44 bits per heavy atom. The van der Waals surface area contributed by atoms with E-state index in [1.54, 1.807) is 19.2 Å². The van der Waals surface area contributed by atoms with Crippen molar-refractivity contribution in [3.05, 3.63) is 48.5 Å². The Morgan fingerprint density at radius 2 is 2.22 bits per heavy atom. The van der Waals surface area contributed by atoms with Crippen LogP contribution in [0.15, 0.2) is 43.0 Å². The fraction of sp³-hybridized carbons (Fsp3) is 0.231. The molecule has 0 aliphatic heterocycles. The lowest BCUT2D eigenvalue weighted by Gasteiger charge is -2.02. The van der Waals surface area contributed by atoms with E-state index in [1.165, 1.54) is 0 Å². The highest BCUT2D eigenvalue weighted by Gasteiger charge is 2.11. The van der Waals surface area contributed by atoms with Crippen LogP contribution in [0.1, 0.15) is 10.4 Å². The van der Waals surface area contributed by atoms with Crippen LogP contribution in [0.25, 0.3) is 0 Å². The molecule has 0 radical (unpaired) electrons. The highest BCUT2D eigenvalue weighted by Crippen LogP contribution is 2.13. The Bertz CT molecular complexity index is 537. The van der Waals surface area contributed by atoms with Gasteiger partial charge in [-0.05, 0) is 12.1 Å². The Balaban J connectivity index is 0.00000162. The number of carbonyl (C=O) groups is 1. The van der Waals surface area contributed by atoms with Gasteiger partial charge in [-0.15, -0.1) is 0 Å². The Morgan fingerprint density at radius 3 is 2.83 bits per heavy atom. The summed E-state index contributed by atoms with van der Waals surface area (Å²) in [4.78, 5) is 12.0. The lowest BCUT2D eigenvalue weighted by Crippen LogP contribution is -3.00. The van der Waals surface area contributed by atoms with Crippen molar-refractivity contribution >= 4 is 5.78 Å². The van der Waals surface area contributed by atoms with E-state index in [2.05, 4.69) is 0 Å². The molecule has 0 saturated carbocycles. The summed E-state index contributed by atoms with van der Waals surface area (Å²) in [5.74, 6) is 0.772. The first-order chi connectivity index (χ1) is 8.19. The topological polar surface area (TPSA) is 35.1 Å². The SMILES string of the molecule is COc1cccc(C(=O)Cn2cc[n+](C)c2)c1.[Br-]. The Hall–Kier alpha value is -1.62. The third-order valence-corrected chi connectivity index (χ3v) is 2.54. The molecule has 2 aromatic rings. The lowest BCUT2D eigenvalue weighted by atomic mass is 10.1. The van der Waals surface area contributed by atoms with Crippen molar-refractivity contribution in [3.63, 3.8) is 0 Å². The van der Waals surface area contributed by atoms with Crippen LogP contribution in [-0.4, -0.2) is 17.5 Å². The normalized spacial score (nSPS) is 9.67. The predicted molar refractivity (Wildman–Crippen MR) is 62.9 cm³/mol. The molecule has 0 amide bonds. The van der Waals surface area contributed by atoms with Crippen LogP contribution in [0, 0.1) is 0 Å². The second-order valence-corrected chi connectivity index (χ2v) is 3.91. The van der Waals surface area contributed by atoms with Gasteiger partial charge in [0.05, 0.1) is 14.2 Å². The molecule has 0 unspecified atom stereocenters. The molecule has 0 bridgehead atoms. The largest absolute Gasteiger partial charge is 1.00 e. The van der Waals surface area contributed by atoms with Gasteiger partial charge < -0.3 is 21.7 Å². The Labute approximate surface area is 117 Å². The second kappa shape index (κ2) is 6.35. The van der Waals surface area contributed by atoms with Crippen molar-refractivity contribution in [2.45, 2.75) is 6.54 Å². The van der Waals surface area contributed by atoms with Crippen molar-refractivity contribution in [1.82, 2.24) is 4.57 Å². The summed E-state index contributed by atoms with van der Waals surface area (Å²) in [5.41, 5.74) is 0.667. The van der Waals surface area contributed by atoms with Gasteiger partial charge in [0.1, 0.15) is 18.1 Å². The van der Waals surface area contributed by atoms with Gasteiger partial charge >= 0.3 is 0 Å². The summed E-state index contributed by atoms with van der Waals surface area (Å²) in [6.07, 6.45) is 5.65. The summed E-state index contributed by atoms with van der Waals surface area (Å²) >= 11 is 0. The molecule has 2 rings (SSSR count). The number of nitrogens with zero attached hydrogens (tertiary/aromatic N) is 2. The maximum atomic E-state index is 12.0. The maximum absolute atomic E-state index is 12.0. The van der Waals surface area contributed by atoms with Gasteiger partial charge in [0, 0.05) is 5.56 Å². The number of benzene rings is 1. The zero-order chi connectivity index (χ0) is 12.3. The fourth-order valence-electron chi connectivity index (χ4n) is 1.65. The zero-order valence-electron chi connectivity index (χ0n) is 10.3. The van der Waals surface area contributed by atoms with Gasteiger partial charge in [0.15, 0.2) is 6.54 Å². The molecular formula is C13H15BrN2O2. The van der Waals surface area contributed by atoms with Gasteiger partial charge in [-0.2, -0.15) is 0 Å². The molecule has 0 N–H and O–H groups in total. The molecule has 96 valence electrons. The van der Waals surface area contributed by atoms with E-state index in [4.69, 9.17) is 4.74 Å². The molecule has 0 saturated heterocycles. The van der Waals surface area contributed by atoms with Crippen molar-refractivity contribution in [1.29, 1.82) is 0 Å². The minimum Gasteiger partial charge on any atom is -1.00 e. The maximum Gasteiger partial charge on any atom is 0.243 e. The number of Topliss-reactive ketones (excluding diaryl/α,β-unsaturated/α-hetero) is 1. The van der Waals surface area contributed by atoms with E-state index < -0.39 is 0 Å². The third kappa shape index (κ3) is 3.43. The molecule has 0 spiro atoms. The summed E-state index contributed by atoms with van der Waals surface area (Å²) in [6.45, 7) is 0.341. The molecule has 1 heterocycles. The van der Waals surface area contributed by atoms with Crippen molar-refractivity contribution in [2.75, 3.05) is 7.11 Å². The number of ether oxygens (including phenoxy) is 1. The van der Waals surface area contributed by atoms with Gasteiger partial charge in [-0.1, -0.05) is 12.1 Å². The number of aromatic nitrogens is 2. The number of carbonyl (C=O) groups excluding carboxylic acids is 1. The quantitative estimate of drug-likeness (QED) is 0.494. The average molecular weight is 311 g/mol. The number of rotatable bonds is 4. The minimum absolute atomic E-state index is 0. The smallest absolute Gasteiger partial charge is 0.243 e. The van der Waals surface area contributed by atoms with E-state index in [9.17, 15) is 4.79 Å². The molecular weight excluding hydrogens is 296 g/mol. The van der Waals surface area contributed by atoms with Crippen molar-refractivity contribution in [2.24, 2.45) is 7.05 Å². The molecule has 0 aliphatic carbocycles. The standard InChI is InChI=1S/C13H15N2O2.BrH/c1-14-6-7-15(10-14)9-13(16)11-4-3-5-12(8-11)17-2;/h3-8,10H,9H2,1-2H3;1H/q+1;/p-1. The number of hydrogen-bond acceptors (Lipinski definition) is 2. The lowest BCUT2D eigenvalue weighted by molar-refractivity contribution is -0.671.